The van der Waals surface area contributed by atoms with Crippen LogP contribution in [-0.4, -0.2) is 39.4 Å². The summed E-state index contributed by atoms with van der Waals surface area (Å²) in [5, 5.41) is 31.8. The molecule has 0 aromatic rings. The van der Waals surface area contributed by atoms with Crippen LogP contribution in [0.3, 0.4) is 0 Å². The molecule has 0 radical (unpaired) electrons. The number of allylic oxidation sites excluding steroid dienone is 2. The van der Waals surface area contributed by atoms with E-state index in [0.717, 1.165) is 44.1 Å². The Morgan fingerprint density at radius 3 is 2.47 bits per heavy atom. The second-order valence-electron chi connectivity index (χ2n) is 13.7. The summed E-state index contributed by atoms with van der Waals surface area (Å²) in [6.07, 6.45) is 10.5. The van der Waals surface area contributed by atoms with Crippen molar-refractivity contribution in [3.05, 3.63) is 23.3 Å². The summed E-state index contributed by atoms with van der Waals surface area (Å²) in [4.78, 5) is 14.2. The molecular weight excluding hydrogens is 424 g/mol. The van der Waals surface area contributed by atoms with Gasteiger partial charge in [-0.25, -0.2) is 0 Å². The summed E-state index contributed by atoms with van der Waals surface area (Å²) >= 11 is 0. The van der Waals surface area contributed by atoms with Gasteiger partial charge < -0.3 is 15.3 Å². The van der Waals surface area contributed by atoms with E-state index in [0.29, 0.717) is 18.6 Å². The van der Waals surface area contributed by atoms with Gasteiger partial charge in [-0.2, -0.15) is 0 Å². The molecule has 0 aromatic heterocycles. The molecule has 4 nitrogen and oxygen atoms in total. The van der Waals surface area contributed by atoms with Crippen LogP contribution in [0.5, 0.6) is 0 Å². The summed E-state index contributed by atoms with van der Waals surface area (Å²) in [5.41, 5.74) is 0.481. The number of aliphatic hydroxyl groups excluding tert-OH is 2. The SMILES string of the molecule is CC(=CCCC(C)(O)C1CCC2(C)C3CC=C4C(CCC(O)C4(C)C)C3(C)C(=O)CC12C)CO. The molecule has 3 fully saturated rings. The van der Waals surface area contributed by atoms with E-state index in [1.165, 1.54) is 5.57 Å². The molecule has 0 spiro atoms. The maximum atomic E-state index is 14.2. The van der Waals surface area contributed by atoms with Gasteiger partial charge in [0.05, 0.1) is 18.3 Å². The van der Waals surface area contributed by atoms with Crippen molar-refractivity contribution < 1.29 is 20.1 Å². The number of hydrogen-bond donors (Lipinski definition) is 3. The Bertz CT molecular complexity index is 897. The number of rotatable bonds is 5. The highest BCUT2D eigenvalue weighted by Crippen LogP contribution is 2.74. The standard InChI is InChI=1S/C30H48O4/c1-19(18-31)9-8-15-29(6,34)22-14-16-27(4)23-12-10-20-21(11-13-24(32)26(20,2)3)30(23,7)25(33)17-28(22,27)5/h9-10,21-24,31-32,34H,8,11-18H2,1-7H3. The minimum Gasteiger partial charge on any atom is -0.392 e. The van der Waals surface area contributed by atoms with E-state index in [1.54, 1.807) is 0 Å². The lowest BCUT2D eigenvalue weighted by molar-refractivity contribution is -0.179. The number of carbonyl (C=O) groups is 1. The third kappa shape index (κ3) is 3.45. The molecule has 0 aromatic carbocycles. The fraction of sp³-hybridized carbons (Fsp3) is 0.833. The highest BCUT2D eigenvalue weighted by molar-refractivity contribution is 5.88. The van der Waals surface area contributed by atoms with E-state index in [4.69, 9.17) is 0 Å². The van der Waals surface area contributed by atoms with Crippen molar-refractivity contribution in [2.75, 3.05) is 6.61 Å². The maximum Gasteiger partial charge on any atom is 0.140 e. The first kappa shape index (κ1) is 26.1. The zero-order chi connectivity index (χ0) is 25.3. The maximum absolute atomic E-state index is 14.2. The average molecular weight is 473 g/mol. The third-order valence-electron chi connectivity index (χ3n) is 11.8. The fourth-order valence-electron chi connectivity index (χ4n) is 9.27. The number of ketones is 1. The van der Waals surface area contributed by atoms with Gasteiger partial charge in [0.15, 0.2) is 0 Å². The van der Waals surface area contributed by atoms with Crippen LogP contribution in [0, 0.1) is 39.4 Å². The zero-order valence-corrected chi connectivity index (χ0v) is 22.6. The Morgan fingerprint density at radius 2 is 1.82 bits per heavy atom. The second-order valence-corrected chi connectivity index (χ2v) is 13.7. The summed E-state index contributed by atoms with van der Waals surface area (Å²) in [7, 11) is 0. The molecule has 0 heterocycles. The highest BCUT2D eigenvalue weighted by Gasteiger charge is 2.71. The first-order chi connectivity index (χ1) is 15.7. The van der Waals surface area contributed by atoms with Gasteiger partial charge in [0.1, 0.15) is 5.78 Å². The van der Waals surface area contributed by atoms with Crippen molar-refractivity contribution in [3.8, 4) is 0 Å². The third-order valence-corrected chi connectivity index (χ3v) is 11.8. The van der Waals surface area contributed by atoms with Crippen LogP contribution in [0.15, 0.2) is 23.3 Å². The van der Waals surface area contributed by atoms with Gasteiger partial charge in [0.2, 0.25) is 0 Å². The van der Waals surface area contributed by atoms with E-state index in [2.05, 4.69) is 40.7 Å². The van der Waals surface area contributed by atoms with Crippen molar-refractivity contribution >= 4 is 5.78 Å². The Hall–Kier alpha value is -0.970. The van der Waals surface area contributed by atoms with Crippen molar-refractivity contribution in [1.82, 2.24) is 0 Å². The van der Waals surface area contributed by atoms with Gasteiger partial charge in [-0.15, -0.1) is 0 Å². The van der Waals surface area contributed by atoms with Crippen molar-refractivity contribution in [2.45, 2.75) is 112 Å². The number of aliphatic hydroxyl groups is 3. The summed E-state index contributed by atoms with van der Waals surface area (Å²) < 4.78 is 0. The lowest BCUT2D eigenvalue weighted by Crippen LogP contribution is -2.64. The van der Waals surface area contributed by atoms with E-state index in [-0.39, 0.29) is 46.7 Å². The molecule has 3 saturated carbocycles. The molecule has 0 amide bonds. The Morgan fingerprint density at radius 1 is 1.15 bits per heavy atom. The van der Waals surface area contributed by atoms with Crippen LogP contribution in [-0.2, 0) is 4.79 Å². The topological polar surface area (TPSA) is 77.8 Å². The molecular formula is C30H48O4. The van der Waals surface area contributed by atoms with Gasteiger partial charge in [-0.3, -0.25) is 4.79 Å². The van der Waals surface area contributed by atoms with Crippen LogP contribution in [0.4, 0.5) is 0 Å². The number of hydrogen-bond acceptors (Lipinski definition) is 4. The lowest BCUT2D eigenvalue weighted by Gasteiger charge is -2.65. The molecule has 0 saturated heterocycles. The van der Waals surface area contributed by atoms with Crippen LogP contribution in [0.25, 0.3) is 0 Å². The zero-order valence-electron chi connectivity index (χ0n) is 22.6. The normalized spacial score (nSPS) is 45.6. The molecule has 0 aliphatic heterocycles. The molecule has 192 valence electrons. The number of Topliss-reactive ketones (excluding diaryl/α,β-unsaturated/α-hetero) is 1. The molecule has 4 rings (SSSR count). The Labute approximate surface area is 206 Å². The molecule has 4 heteroatoms. The molecule has 8 unspecified atom stereocenters. The summed E-state index contributed by atoms with van der Waals surface area (Å²) in [6.45, 7) is 15.2. The molecule has 8 atom stereocenters. The number of fused-ring (bicyclic) bond motifs is 5. The van der Waals surface area contributed by atoms with Crippen molar-refractivity contribution in [1.29, 1.82) is 0 Å². The molecule has 34 heavy (non-hydrogen) atoms. The predicted octanol–water partition coefficient (Wildman–Crippen LogP) is 5.60. The first-order valence-electron chi connectivity index (χ1n) is 13.6. The van der Waals surface area contributed by atoms with Crippen LogP contribution in [0.1, 0.15) is 99.8 Å². The van der Waals surface area contributed by atoms with E-state index in [9.17, 15) is 20.1 Å². The first-order valence-corrected chi connectivity index (χ1v) is 13.6. The minimum absolute atomic E-state index is 0.0105. The second kappa shape index (κ2) is 8.28. The summed E-state index contributed by atoms with van der Waals surface area (Å²) in [5.74, 6) is 0.934. The van der Waals surface area contributed by atoms with Crippen LogP contribution >= 0.6 is 0 Å². The van der Waals surface area contributed by atoms with E-state index < -0.39 is 11.0 Å². The highest BCUT2D eigenvalue weighted by atomic mass is 16.3. The van der Waals surface area contributed by atoms with Crippen molar-refractivity contribution in [2.24, 2.45) is 39.4 Å². The van der Waals surface area contributed by atoms with Crippen molar-refractivity contribution in [3.63, 3.8) is 0 Å². The van der Waals surface area contributed by atoms with Gasteiger partial charge in [-0.1, -0.05) is 57.9 Å². The quantitative estimate of drug-likeness (QED) is 0.455. The van der Waals surface area contributed by atoms with E-state index in [1.807, 2.05) is 19.9 Å². The van der Waals surface area contributed by atoms with Crippen LogP contribution < -0.4 is 0 Å². The van der Waals surface area contributed by atoms with E-state index >= 15 is 0 Å². The fourth-order valence-corrected chi connectivity index (χ4v) is 9.27. The average Bonchev–Trinajstić information content (AvgIpc) is 3.02. The van der Waals surface area contributed by atoms with Gasteiger partial charge in [0.25, 0.3) is 0 Å². The molecule has 3 N–H and O–H groups in total. The van der Waals surface area contributed by atoms with Crippen LogP contribution in [0.2, 0.25) is 0 Å². The van der Waals surface area contributed by atoms with Gasteiger partial charge in [0, 0.05) is 17.3 Å². The monoisotopic (exact) mass is 472 g/mol. The smallest absolute Gasteiger partial charge is 0.140 e. The largest absolute Gasteiger partial charge is 0.392 e. The molecule has 0 bridgehead atoms. The molecule has 4 aliphatic carbocycles. The minimum atomic E-state index is -0.848. The Kier molecular flexibility index (Phi) is 6.36. The predicted molar refractivity (Wildman–Crippen MR) is 136 cm³/mol. The number of carbonyl (C=O) groups excluding carboxylic acids is 1. The Balaban J connectivity index is 1.69. The molecule has 4 aliphatic rings. The van der Waals surface area contributed by atoms with Gasteiger partial charge >= 0.3 is 0 Å². The van der Waals surface area contributed by atoms with Gasteiger partial charge in [-0.05, 0) is 87.4 Å². The summed E-state index contributed by atoms with van der Waals surface area (Å²) in [6, 6.07) is 0. The lowest BCUT2D eigenvalue weighted by atomic mass is 9.38.